The topological polar surface area (TPSA) is 96.6 Å². The molecule has 2 aliphatic rings. The maximum Gasteiger partial charge on any atom is 0.202 e. The molecular formula is C20H25N7. The standard InChI is InChI=1S/C20H25N7/c1-20(21)7-10-27(11-8-20)16-12-23-18-17(25-26-19(18)24-16)14-6-9-22-15-5-3-2-4-13(14)15/h6,9,12H,2-5,7-8,10-11,21H2,1H3,(H,24,25,26). The molecule has 0 bridgehead atoms. The molecule has 1 saturated heterocycles. The van der Waals surface area contributed by atoms with E-state index in [4.69, 9.17) is 15.7 Å². The Morgan fingerprint density at radius 2 is 1.96 bits per heavy atom. The smallest absolute Gasteiger partial charge is 0.202 e. The highest BCUT2D eigenvalue weighted by molar-refractivity contribution is 5.89. The maximum absolute atomic E-state index is 6.25. The molecule has 1 fully saturated rings. The van der Waals surface area contributed by atoms with Gasteiger partial charge in [-0.05, 0) is 57.1 Å². The van der Waals surface area contributed by atoms with Crippen molar-refractivity contribution < 1.29 is 0 Å². The summed E-state index contributed by atoms with van der Waals surface area (Å²) in [6.07, 6.45) is 10.2. The molecule has 3 N–H and O–H groups in total. The van der Waals surface area contributed by atoms with Crippen LogP contribution < -0.4 is 10.6 Å². The van der Waals surface area contributed by atoms with Crippen molar-refractivity contribution in [2.75, 3.05) is 18.0 Å². The Balaban J connectivity index is 1.50. The van der Waals surface area contributed by atoms with Crippen LogP contribution in [0, 0.1) is 0 Å². The molecule has 1 aliphatic heterocycles. The lowest BCUT2D eigenvalue weighted by molar-refractivity contribution is 0.363. The van der Waals surface area contributed by atoms with Crippen molar-refractivity contribution in [3.8, 4) is 11.3 Å². The largest absolute Gasteiger partial charge is 0.355 e. The number of fused-ring (bicyclic) bond motifs is 2. The molecule has 7 nitrogen and oxygen atoms in total. The zero-order valence-electron chi connectivity index (χ0n) is 15.7. The van der Waals surface area contributed by atoms with E-state index in [-0.39, 0.29) is 5.54 Å². The Morgan fingerprint density at radius 3 is 2.81 bits per heavy atom. The summed E-state index contributed by atoms with van der Waals surface area (Å²) in [4.78, 5) is 16.3. The van der Waals surface area contributed by atoms with Crippen LogP contribution in [0.4, 0.5) is 5.82 Å². The summed E-state index contributed by atoms with van der Waals surface area (Å²) in [5.74, 6) is 0.882. The molecule has 0 amide bonds. The molecule has 0 atom stereocenters. The van der Waals surface area contributed by atoms with Gasteiger partial charge in [0.25, 0.3) is 0 Å². The summed E-state index contributed by atoms with van der Waals surface area (Å²) < 4.78 is 0. The number of aryl methyl sites for hydroxylation is 1. The second-order valence-corrected chi connectivity index (χ2v) is 8.13. The van der Waals surface area contributed by atoms with Crippen LogP contribution in [0.2, 0.25) is 0 Å². The van der Waals surface area contributed by atoms with Gasteiger partial charge < -0.3 is 10.6 Å². The van der Waals surface area contributed by atoms with Crippen LogP contribution in [0.25, 0.3) is 22.4 Å². The molecule has 0 saturated carbocycles. The highest BCUT2D eigenvalue weighted by Crippen LogP contribution is 2.33. The molecule has 0 radical (unpaired) electrons. The van der Waals surface area contributed by atoms with E-state index in [0.717, 1.165) is 55.8 Å². The van der Waals surface area contributed by atoms with E-state index in [1.807, 2.05) is 12.4 Å². The summed E-state index contributed by atoms with van der Waals surface area (Å²) in [7, 11) is 0. The third-order valence-electron chi connectivity index (χ3n) is 5.99. The number of hydrogen-bond acceptors (Lipinski definition) is 6. The Labute approximate surface area is 158 Å². The van der Waals surface area contributed by atoms with Crippen LogP contribution in [-0.4, -0.2) is 43.8 Å². The van der Waals surface area contributed by atoms with Crippen LogP contribution in [0.1, 0.15) is 43.9 Å². The minimum Gasteiger partial charge on any atom is -0.355 e. The van der Waals surface area contributed by atoms with Gasteiger partial charge in [-0.25, -0.2) is 9.97 Å². The fourth-order valence-electron chi connectivity index (χ4n) is 4.23. The minimum atomic E-state index is -0.0754. The number of hydrogen-bond donors (Lipinski definition) is 2. The average molecular weight is 363 g/mol. The molecule has 1 aliphatic carbocycles. The predicted molar refractivity (Wildman–Crippen MR) is 106 cm³/mol. The molecule has 0 unspecified atom stereocenters. The summed E-state index contributed by atoms with van der Waals surface area (Å²) >= 11 is 0. The quantitative estimate of drug-likeness (QED) is 0.726. The lowest BCUT2D eigenvalue weighted by Crippen LogP contribution is -2.48. The number of rotatable bonds is 2. The van der Waals surface area contributed by atoms with Crippen LogP contribution >= 0.6 is 0 Å². The van der Waals surface area contributed by atoms with Crippen molar-refractivity contribution in [1.29, 1.82) is 0 Å². The fraction of sp³-hybridized carbons (Fsp3) is 0.500. The molecule has 0 aromatic carbocycles. The third-order valence-corrected chi connectivity index (χ3v) is 5.99. The lowest BCUT2D eigenvalue weighted by Gasteiger charge is -2.37. The summed E-state index contributed by atoms with van der Waals surface area (Å²) in [6, 6.07) is 2.07. The lowest BCUT2D eigenvalue weighted by atomic mass is 9.91. The van der Waals surface area contributed by atoms with E-state index >= 15 is 0 Å². The molecule has 0 spiro atoms. The number of aromatic nitrogens is 5. The molecule has 3 aromatic rings. The zero-order valence-corrected chi connectivity index (χ0v) is 15.7. The van der Waals surface area contributed by atoms with Crippen molar-refractivity contribution in [2.24, 2.45) is 5.73 Å². The predicted octanol–water partition coefficient (Wildman–Crippen LogP) is 2.61. The van der Waals surface area contributed by atoms with Crippen molar-refractivity contribution in [3.05, 3.63) is 29.7 Å². The van der Waals surface area contributed by atoms with Gasteiger partial charge in [0.05, 0.1) is 11.9 Å². The van der Waals surface area contributed by atoms with Gasteiger partial charge in [-0.3, -0.25) is 10.1 Å². The summed E-state index contributed by atoms with van der Waals surface area (Å²) in [5, 5.41) is 7.64. The molecule has 3 aromatic heterocycles. The molecule has 5 rings (SSSR count). The first-order valence-electron chi connectivity index (χ1n) is 9.83. The van der Waals surface area contributed by atoms with E-state index in [1.165, 1.54) is 29.7 Å². The SMILES string of the molecule is CC1(N)CCN(c2cnc3c(-c4ccnc5c4CCCC5)[nH]nc3n2)CC1. The van der Waals surface area contributed by atoms with E-state index in [2.05, 4.69) is 33.1 Å². The number of nitrogens with two attached hydrogens (primary N) is 1. The third kappa shape index (κ3) is 2.96. The van der Waals surface area contributed by atoms with Gasteiger partial charge in [0.15, 0.2) is 0 Å². The van der Waals surface area contributed by atoms with Crippen molar-refractivity contribution in [3.63, 3.8) is 0 Å². The first kappa shape index (κ1) is 16.6. The van der Waals surface area contributed by atoms with Gasteiger partial charge in [-0.1, -0.05) is 0 Å². The number of nitrogens with zero attached hydrogens (tertiary/aromatic N) is 5. The van der Waals surface area contributed by atoms with Gasteiger partial charge in [0.1, 0.15) is 11.3 Å². The highest BCUT2D eigenvalue weighted by Gasteiger charge is 2.27. The molecular weight excluding hydrogens is 338 g/mol. The maximum atomic E-state index is 6.25. The van der Waals surface area contributed by atoms with Crippen molar-refractivity contribution >= 4 is 17.0 Å². The van der Waals surface area contributed by atoms with Gasteiger partial charge in [-0.2, -0.15) is 5.10 Å². The number of aromatic amines is 1. The average Bonchev–Trinajstić information content (AvgIpc) is 3.10. The Morgan fingerprint density at radius 1 is 1.15 bits per heavy atom. The fourth-order valence-corrected chi connectivity index (χ4v) is 4.23. The van der Waals surface area contributed by atoms with Gasteiger partial charge in [0.2, 0.25) is 5.65 Å². The Hall–Kier alpha value is -2.54. The number of nitrogens with one attached hydrogen (secondary N) is 1. The number of H-pyrrole nitrogens is 1. The summed E-state index contributed by atoms with van der Waals surface area (Å²) in [6.45, 7) is 3.93. The number of pyridine rings is 1. The van der Waals surface area contributed by atoms with Crippen molar-refractivity contribution in [2.45, 2.75) is 51.0 Å². The monoisotopic (exact) mass is 363 g/mol. The van der Waals surface area contributed by atoms with Gasteiger partial charge >= 0.3 is 0 Å². The van der Waals surface area contributed by atoms with Crippen LogP contribution in [-0.2, 0) is 12.8 Å². The van der Waals surface area contributed by atoms with E-state index in [9.17, 15) is 0 Å². The first-order chi connectivity index (χ1) is 13.1. The van der Waals surface area contributed by atoms with E-state index < -0.39 is 0 Å². The molecule has 140 valence electrons. The van der Waals surface area contributed by atoms with E-state index in [0.29, 0.717) is 5.65 Å². The number of piperidine rings is 1. The molecule has 7 heteroatoms. The Bertz CT molecular complexity index is 981. The minimum absolute atomic E-state index is 0.0754. The van der Waals surface area contributed by atoms with Crippen LogP contribution in [0.5, 0.6) is 0 Å². The van der Waals surface area contributed by atoms with Crippen LogP contribution in [0.15, 0.2) is 18.5 Å². The zero-order chi connectivity index (χ0) is 18.4. The number of anilines is 1. The van der Waals surface area contributed by atoms with Gasteiger partial charge in [-0.15, -0.1) is 0 Å². The van der Waals surface area contributed by atoms with E-state index in [1.54, 1.807) is 0 Å². The van der Waals surface area contributed by atoms with Gasteiger partial charge in [0, 0.05) is 36.1 Å². The molecule has 4 heterocycles. The Kier molecular flexibility index (Phi) is 3.86. The van der Waals surface area contributed by atoms with Crippen molar-refractivity contribution in [1.82, 2.24) is 25.1 Å². The first-order valence-corrected chi connectivity index (χ1v) is 9.83. The highest BCUT2D eigenvalue weighted by atomic mass is 15.2. The normalized spacial score (nSPS) is 19.3. The second-order valence-electron chi connectivity index (χ2n) is 8.13. The summed E-state index contributed by atoms with van der Waals surface area (Å²) in [5.41, 5.74) is 12.3. The molecule has 27 heavy (non-hydrogen) atoms. The van der Waals surface area contributed by atoms with Crippen LogP contribution in [0.3, 0.4) is 0 Å². The second kappa shape index (κ2) is 6.27.